The van der Waals surface area contributed by atoms with Gasteiger partial charge in [0.2, 0.25) is 11.8 Å². The van der Waals surface area contributed by atoms with E-state index in [1.807, 2.05) is 18.7 Å². The van der Waals surface area contributed by atoms with Crippen molar-refractivity contribution in [3.63, 3.8) is 0 Å². The van der Waals surface area contributed by atoms with E-state index < -0.39 is 17.4 Å². The number of nitrogens with two attached hydrogens (primary N) is 2. The van der Waals surface area contributed by atoms with Gasteiger partial charge in [0.25, 0.3) is 0 Å². The summed E-state index contributed by atoms with van der Waals surface area (Å²) in [4.78, 5) is 31.9. The molecule has 168 valence electrons. The topological polar surface area (TPSA) is 114 Å². The molecule has 0 aliphatic heterocycles. The number of hydrogen-bond acceptors (Lipinski definition) is 5. The number of hydrogen-bond donors (Lipinski definition) is 3. The minimum atomic E-state index is -1.25. The van der Waals surface area contributed by atoms with Gasteiger partial charge >= 0.3 is 0 Å². The summed E-state index contributed by atoms with van der Waals surface area (Å²) in [5.74, 6) is -1.28. The summed E-state index contributed by atoms with van der Waals surface area (Å²) >= 11 is 12.2. The number of nitrogens with one attached hydrogen (secondary N) is 1. The lowest BCUT2D eigenvalue weighted by Gasteiger charge is -2.43. The zero-order chi connectivity index (χ0) is 23.3. The number of amides is 2. The first-order valence-electron chi connectivity index (χ1n) is 9.91. The molecule has 7 nitrogen and oxygen atoms in total. The average molecular weight is 466 g/mol. The molecule has 31 heavy (non-hydrogen) atoms. The van der Waals surface area contributed by atoms with Crippen molar-refractivity contribution >= 4 is 40.8 Å². The van der Waals surface area contributed by atoms with Gasteiger partial charge in [-0.1, -0.05) is 35.3 Å². The highest BCUT2D eigenvalue weighted by Gasteiger charge is 2.47. The van der Waals surface area contributed by atoms with Gasteiger partial charge in [-0.2, -0.15) is 0 Å². The van der Waals surface area contributed by atoms with E-state index in [-0.39, 0.29) is 24.9 Å². The zero-order valence-corrected chi connectivity index (χ0v) is 19.7. The van der Waals surface area contributed by atoms with Crippen LogP contribution in [0.5, 0.6) is 0 Å². The number of nitrogen functional groups attached to an aromatic ring is 1. The summed E-state index contributed by atoms with van der Waals surface area (Å²) in [6.07, 6.45) is 1.84. The number of nitrogens with zero attached hydrogens (tertiary/aromatic N) is 2. The van der Waals surface area contributed by atoms with Crippen LogP contribution in [0.4, 0.5) is 5.82 Å². The lowest BCUT2D eigenvalue weighted by Crippen LogP contribution is -2.64. The number of anilines is 1. The SMILES string of the molecule is CC(C)N(C)[C@](C)(C(N)=O)C(Cc1ccc(Cl)c(Cl)c1)C(=O)NCc1ccc(N)nc1. The Labute approximate surface area is 193 Å². The zero-order valence-electron chi connectivity index (χ0n) is 18.2. The molecule has 0 saturated carbocycles. The molecule has 5 N–H and O–H groups in total. The Balaban J connectivity index is 2.39. The van der Waals surface area contributed by atoms with Crippen LogP contribution in [0.15, 0.2) is 36.5 Å². The van der Waals surface area contributed by atoms with Crippen LogP contribution in [0.25, 0.3) is 0 Å². The van der Waals surface area contributed by atoms with E-state index >= 15 is 0 Å². The first-order chi connectivity index (χ1) is 14.5. The molecule has 9 heteroatoms. The van der Waals surface area contributed by atoms with Crippen molar-refractivity contribution in [1.29, 1.82) is 0 Å². The number of benzene rings is 1. The van der Waals surface area contributed by atoms with Gasteiger partial charge in [-0.25, -0.2) is 4.98 Å². The van der Waals surface area contributed by atoms with Crippen LogP contribution in [0, 0.1) is 5.92 Å². The maximum atomic E-state index is 13.4. The molecule has 1 heterocycles. The van der Waals surface area contributed by atoms with E-state index in [4.69, 9.17) is 34.7 Å². The van der Waals surface area contributed by atoms with Crippen LogP contribution in [-0.2, 0) is 22.6 Å². The van der Waals surface area contributed by atoms with Crippen molar-refractivity contribution in [2.24, 2.45) is 11.7 Å². The molecular weight excluding hydrogens is 437 g/mol. The summed E-state index contributed by atoms with van der Waals surface area (Å²) in [6.45, 7) is 5.82. The highest BCUT2D eigenvalue weighted by molar-refractivity contribution is 6.42. The predicted octanol–water partition coefficient (Wildman–Crippen LogP) is 3.03. The van der Waals surface area contributed by atoms with Crippen molar-refractivity contribution in [2.75, 3.05) is 12.8 Å². The molecule has 2 rings (SSSR count). The molecule has 1 unspecified atom stereocenters. The Kier molecular flexibility index (Phi) is 8.28. The molecule has 0 radical (unpaired) electrons. The Morgan fingerprint density at radius 2 is 1.81 bits per heavy atom. The highest BCUT2D eigenvalue weighted by Crippen LogP contribution is 2.31. The summed E-state index contributed by atoms with van der Waals surface area (Å²) in [6, 6.07) is 8.57. The second-order valence-corrected chi connectivity index (χ2v) is 8.85. The van der Waals surface area contributed by atoms with E-state index in [2.05, 4.69) is 10.3 Å². The first kappa shape index (κ1) is 24.9. The van der Waals surface area contributed by atoms with Crippen molar-refractivity contribution < 1.29 is 9.59 Å². The summed E-state index contributed by atoms with van der Waals surface area (Å²) in [5.41, 5.74) is 11.8. The lowest BCUT2D eigenvalue weighted by molar-refractivity contribution is -0.142. The van der Waals surface area contributed by atoms with Crippen molar-refractivity contribution in [3.05, 3.63) is 57.7 Å². The lowest BCUT2D eigenvalue weighted by atomic mass is 9.78. The van der Waals surface area contributed by atoms with Gasteiger partial charge in [0.1, 0.15) is 11.4 Å². The molecule has 2 aromatic rings. The Morgan fingerprint density at radius 3 is 2.32 bits per heavy atom. The number of aromatic nitrogens is 1. The van der Waals surface area contributed by atoms with E-state index in [1.54, 1.807) is 50.5 Å². The summed E-state index contributed by atoms with van der Waals surface area (Å²) in [7, 11) is 1.79. The van der Waals surface area contributed by atoms with Crippen LogP contribution < -0.4 is 16.8 Å². The minimum absolute atomic E-state index is 0.0251. The molecule has 0 saturated heterocycles. The van der Waals surface area contributed by atoms with Crippen LogP contribution in [0.3, 0.4) is 0 Å². The maximum Gasteiger partial charge on any atom is 0.238 e. The van der Waals surface area contributed by atoms with E-state index in [9.17, 15) is 9.59 Å². The van der Waals surface area contributed by atoms with Crippen LogP contribution >= 0.6 is 23.2 Å². The minimum Gasteiger partial charge on any atom is -0.384 e. The van der Waals surface area contributed by atoms with Crippen molar-refractivity contribution in [3.8, 4) is 0 Å². The quantitative estimate of drug-likeness (QED) is 0.526. The van der Waals surface area contributed by atoms with E-state index in [1.165, 1.54) is 0 Å². The summed E-state index contributed by atoms with van der Waals surface area (Å²) in [5, 5.41) is 3.70. The fraction of sp³-hybridized carbons (Fsp3) is 0.409. The second-order valence-electron chi connectivity index (χ2n) is 8.03. The van der Waals surface area contributed by atoms with Crippen LogP contribution in [-0.4, -0.2) is 40.3 Å². The number of primary amides is 1. The van der Waals surface area contributed by atoms with E-state index in [0.29, 0.717) is 15.9 Å². The monoisotopic (exact) mass is 465 g/mol. The fourth-order valence-corrected chi connectivity index (χ4v) is 3.75. The van der Waals surface area contributed by atoms with Crippen molar-refractivity contribution in [2.45, 2.75) is 45.3 Å². The number of halogens is 2. The van der Waals surface area contributed by atoms with Crippen molar-refractivity contribution in [1.82, 2.24) is 15.2 Å². The molecule has 0 aliphatic rings. The van der Waals surface area contributed by atoms with Crippen LogP contribution in [0.2, 0.25) is 10.0 Å². The highest BCUT2D eigenvalue weighted by atomic mass is 35.5. The van der Waals surface area contributed by atoms with Crippen LogP contribution in [0.1, 0.15) is 31.9 Å². The third-order valence-electron chi connectivity index (χ3n) is 5.74. The average Bonchev–Trinajstić information content (AvgIpc) is 2.72. The van der Waals surface area contributed by atoms with Gasteiger partial charge in [0.05, 0.1) is 16.0 Å². The van der Waals surface area contributed by atoms with E-state index in [0.717, 1.165) is 11.1 Å². The van der Waals surface area contributed by atoms with Gasteiger partial charge < -0.3 is 16.8 Å². The molecule has 1 aromatic heterocycles. The molecule has 0 aliphatic carbocycles. The third-order valence-corrected chi connectivity index (χ3v) is 6.48. The summed E-state index contributed by atoms with van der Waals surface area (Å²) < 4.78 is 0. The molecule has 0 spiro atoms. The molecule has 2 atom stereocenters. The molecular formula is C22H29Cl2N5O2. The second kappa shape index (κ2) is 10.3. The standard InChI is InChI=1S/C22H29Cl2N5O2/c1-13(2)29(4)22(3,21(26)31)16(9-14-5-7-17(23)18(24)10-14)20(30)28-12-15-6-8-19(25)27-11-15/h5-8,10-11,13,16H,9,12H2,1-4H3,(H2,25,27)(H2,26,31)(H,28,30)/t16?,22-/m0/s1. The molecule has 0 bridgehead atoms. The number of carbonyl (C=O) groups excluding carboxylic acids is 2. The number of rotatable bonds is 9. The third kappa shape index (κ3) is 5.87. The largest absolute Gasteiger partial charge is 0.384 e. The Morgan fingerprint density at radius 1 is 1.16 bits per heavy atom. The number of carbonyl (C=O) groups is 2. The maximum absolute atomic E-state index is 13.4. The molecule has 1 aromatic carbocycles. The van der Waals surface area contributed by atoms with Gasteiger partial charge in [-0.3, -0.25) is 14.5 Å². The molecule has 0 fully saturated rings. The predicted molar refractivity (Wildman–Crippen MR) is 125 cm³/mol. The van der Waals surface area contributed by atoms with Gasteiger partial charge in [0, 0.05) is 18.8 Å². The number of likely N-dealkylation sites (N-methyl/N-ethyl adjacent to an activating group) is 1. The first-order valence-corrected chi connectivity index (χ1v) is 10.7. The van der Waals surface area contributed by atoms with Gasteiger partial charge in [-0.05, 0) is 63.6 Å². The Hall–Kier alpha value is -2.35. The normalized spacial score (nSPS) is 14.3. The Bertz CT molecular complexity index is 936. The fourth-order valence-electron chi connectivity index (χ4n) is 3.43. The number of pyridine rings is 1. The molecule has 2 amide bonds. The van der Waals surface area contributed by atoms with Gasteiger partial charge in [0.15, 0.2) is 0 Å². The smallest absolute Gasteiger partial charge is 0.238 e. The van der Waals surface area contributed by atoms with Gasteiger partial charge in [-0.15, -0.1) is 0 Å².